The third-order valence-corrected chi connectivity index (χ3v) is 3.72. The minimum Gasteiger partial charge on any atom is -0.383 e. The maximum absolute atomic E-state index is 12.1. The van der Waals surface area contributed by atoms with Gasteiger partial charge in [0.05, 0.1) is 6.61 Å². The van der Waals surface area contributed by atoms with Gasteiger partial charge in [0.1, 0.15) is 5.69 Å². The summed E-state index contributed by atoms with van der Waals surface area (Å²) in [4.78, 5) is 20.6. The predicted octanol–water partition coefficient (Wildman–Crippen LogP) is 2.72. The monoisotopic (exact) mass is 328 g/mol. The van der Waals surface area contributed by atoms with Crippen molar-refractivity contribution < 1.29 is 9.53 Å². The van der Waals surface area contributed by atoms with E-state index in [4.69, 9.17) is 4.74 Å². The molecule has 0 saturated heterocycles. The summed E-state index contributed by atoms with van der Waals surface area (Å²) in [6.45, 7) is 5.13. The quantitative estimate of drug-likeness (QED) is 0.729. The summed E-state index contributed by atoms with van der Waals surface area (Å²) in [6, 6.07) is 7.83. The highest BCUT2D eigenvalue weighted by atomic mass is 16.5. The summed E-state index contributed by atoms with van der Waals surface area (Å²) in [5.41, 5.74) is 3.76. The highest BCUT2D eigenvalue weighted by Crippen LogP contribution is 2.25. The summed E-state index contributed by atoms with van der Waals surface area (Å²) in [5, 5.41) is 6.03. The van der Waals surface area contributed by atoms with Crippen molar-refractivity contribution in [2.24, 2.45) is 0 Å². The van der Waals surface area contributed by atoms with Crippen molar-refractivity contribution in [1.82, 2.24) is 15.3 Å². The molecular weight excluding hydrogens is 304 g/mol. The Morgan fingerprint density at radius 3 is 2.50 bits per heavy atom. The molecule has 1 amide bonds. The van der Waals surface area contributed by atoms with Crippen LogP contribution in [0.4, 0.5) is 11.6 Å². The number of benzene rings is 1. The molecule has 0 spiro atoms. The van der Waals surface area contributed by atoms with Gasteiger partial charge in [0.15, 0.2) is 0 Å². The Labute approximate surface area is 142 Å². The SMILES string of the molecule is CCc1cccc(CC)c1Nc1nccc(C(=O)NCCOC)n1. The van der Waals surface area contributed by atoms with Gasteiger partial charge in [-0.1, -0.05) is 32.0 Å². The Hall–Kier alpha value is -2.47. The molecule has 0 aliphatic carbocycles. The molecule has 1 aromatic carbocycles. The van der Waals surface area contributed by atoms with Crippen molar-refractivity contribution in [3.63, 3.8) is 0 Å². The molecule has 0 radical (unpaired) electrons. The van der Waals surface area contributed by atoms with Gasteiger partial charge in [0.2, 0.25) is 5.95 Å². The number of hydrogen-bond acceptors (Lipinski definition) is 5. The molecule has 2 N–H and O–H groups in total. The van der Waals surface area contributed by atoms with Crippen LogP contribution in [-0.4, -0.2) is 36.1 Å². The lowest BCUT2D eigenvalue weighted by atomic mass is 10.0. The Morgan fingerprint density at radius 1 is 1.17 bits per heavy atom. The second-order valence-corrected chi connectivity index (χ2v) is 5.30. The second-order valence-electron chi connectivity index (χ2n) is 5.30. The molecule has 24 heavy (non-hydrogen) atoms. The molecule has 0 aliphatic rings. The normalized spacial score (nSPS) is 10.5. The number of ether oxygens (including phenoxy) is 1. The zero-order chi connectivity index (χ0) is 17.4. The van der Waals surface area contributed by atoms with Crippen molar-refractivity contribution >= 4 is 17.5 Å². The average molecular weight is 328 g/mol. The van der Waals surface area contributed by atoms with E-state index >= 15 is 0 Å². The van der Waals surface area contributed by atoms with Crippen molar-refractivity contribution in [2.75, 3.05) is 25.6 Å². The molecule has 0 atom stereocenters. The molecular formula is C18H24N4O2. The van der Waals surface area contributed by atoms with Crippen molar-refractivity contribution in [1.29, 1.82) is 0 Å². The Kier molecular flexibility index (Phi) is 6.69. The van der Waals surface area contributed by atoms with Crippen LogP contribution in [0.2, 0.25) is 0 Å². The largest absolute Gasteiger partial charge is 0.383 e. The molecule has 1 aromatic heterocycles. The molecule has 0 bridgehead atoms. The van der Waals surface area contributed by atoms with Crippen LogP contribution < -0.4 is 10.6 Å². The highest BCUT2D eigenvalue weighted by molar-refractivity contribution is 5.92. The average Bonchev–Trinajstić information content (AvgIpc) is 2.62. The van der Waals surface area contributed by atoms with Gasteiger partial charge in [-0.05, 0) is 30.0 Å². The fraction of sp³-hybridized carbons (Fsp3) is 0.389. The van der Waals surface area contributed by atoms with Crippen molar-refractivity contribution in [2.45, 2.75) is 26.7 Å². The highest BCUT2D eigenvalue weighted by Gasteiger charge is 2.11. The van der Waals surface area contributed by atoms with Crippen molar-refractivity contribution in [3.05, 3.63) is 47.3 Å². The van der Waals surface area contributed by atoms with Crippen LogP contribution in [0.3, 0.4) is 0 Å². The van der Waals surface area contributed by atoms with Crippen LogP contribution in [0.25, 0.3) is 0 Å². The van der Waals surface area contributed by atoms with E-state index in [1.807, 2.05) is 0 Å². The van der Waals surface area contributed by atoms with Crippen LogP contribution in [-0.2, 0) is 17.6 Å². The molecule has 0 aliphatic heterocycles. The Bertz CT molecular complexity index is 666. The van der Waals surface area contributed by atoms with E-state index in [0.29, 0.717) is 24.8 Å². The lowest BCUT2D eigenvalue weighted by Gasteiger charge is -2.14. The first-order chi connectivity index (χ1) is 11.7. The van der Waals surface area contributed by atoms with Crippen LogP contribution in [0, 0.1) is 0 Å². The van der Waals surface area contributed by atoms with Gasteiger partial charge in [0, 0.05) is 25.5 Å². The molecule has 128 valence electrons. The molecule has 1 heterocycles. The minimum atomic E-state index is -0.239. The van der Waals surface area contributed by atoms with Crippen molar-refractivity contribution in [3.8, 4) is 0 Å². The Balaban J connectivity index is 2.20. The van der Waals surface area contributed by atoms with Gasteiger partial charge >= 0.3 is 0 Å². The molecule has 0 fully saturated rings. The number of amides is 1. The standard InChI is InChI=1S/C18H24N4O2/c1-4-13-7-6-8-14(5-2)16(13)22-18-20-10-9-15(21-18)17(23)19-11-12-24-3/h6-10H,4-5,11-12H2,1-3H3,(H,19,23)(H,20,21,22). The second kappa shape index (κ2) is 8.98. The molecule has 6 heteroatoms. The van der Waals surface area contributed by atoms with Gasteiger partial charge in [0.25, 0.3) is 5.91 Å². The van der Waals surface area contributed by atoms with E-state index in [-0.39, 0.29) is 5.91 Å². The Morgan fingerprint density at radius 2 is 1.88 bits per heavy atom. The van der Waals surface area contributed by atoms with E-state index in [1.54, 1.807) is 19.4 Å². The number of aryl methyl sites for hydroxylation is 2. The van der Waals surface area contributed by atoms with Gasteiger partial charge < -0.3 is 15.4 Å². The van der Waals surface area contributed by atoms with E-state index in [2.05, 4.69) is 52.6 Å². The molecule has 0 saturated carbocycles. The third-order valence-electron chi connectivity index (χ3n) is 3.72. The summed E-state index contributed by atoms with van der Waals surface area (Å²) in [6.07, 6.45) is 3.40. The van der Waals surface area contributed by atoms with Gasteiger partial charge in [-0.25, -0.2) is 9.97 Å². The van der Waals surface area contributed by atoms with Crippen LogP contribution in [0.15, 0.2) is 30.5 Å². The zero-order valence-corrected chi connectivity index (χ0v) is 14.4. The van der Waals surface area contributed by atoms with E-state index < -0.39 is 0 Å². The van der Waals surface area contributed by atoms with Crippen LogP contribution in [0.5, 0.6) is 0 Å². The summed E-state index contributed by atoms with van der Waals surface area (Å²) < 4.78 is 4.92. The molecule has 2 aromatic rings. The number of nitrogens with one attached hydrogen (secondary N) is 2. The van der Waals surface area contributed by atoms with Gasteiger partial charge in [-0.15, -0.1) is 0 Å². The minimum absolute atomic E-state index is 0.239. The molecule has 6 nitrogen and oxygen atoms in total. The molecule has 0 unspecified atom stereocenters. The number of nitrogens with zero attached hydrogens (tertiary/aromatic N) is 2. The lowest BCUT2D eigenvalue weighted by molar-refractivity contribution is 0.0932. The first-order valence-corrected chi connectivity index (χ1v) is 8.17. The third kappa shape index (κ3) is 4.52. The van der Waals surface area contributed by atoms with Crippen LogP contribution in [0.1, 0.15) is 35.5 Å². The number of hydrogen-bond donors (Lipinski definition) is 2. The number of carbonyl (C=O) groups is 1. The predicted molar refractivity (Wildman–Crippen MR) is 94.7 cm³/mol. The molecule has 2 rings (SSSR count). The lowest BCUT2D eigenvalue weighted by Crippen LogP contribution is -2.27. The smallest absolute Gasteiger partial charge is 0.270 e. The zero-order valence-electron chi connectivity index (χ0n) is 14.4. The fourth-order valence-electron chi connectivity index (χ4n) is 2.42. The summed E-state index contributed by atoms with van der Waals surface area (Å²) in [7, 11) is 1.59. The van der Waals surface area contributed by atoms with Crippen LogP contribution >= 0.6 is 0 Å². The maximum Gasteiger partial charge on any atom is 0.270 e. The topological polar surface area (TPSA) is 76.1 Å². The number of methoxy groups -OCH3 is 1. The number of aromatic nitrogens is 2. The summed E-state index contributed by atoms with van der Waals surface area (Å²) >= 11 is 0. The first-order valence-electron chi connectivity index (χ1n) is 8.17. The van der Waals surface area contributed by atoms with Gasteiger partial charge in [-0.3, -0.25) is 4.79 Å². The number of carbonyl (C=O) groups excluding carboxylic acids is 1. The van der Waals surface area contributed by atoms with Gasteiger partial charge in [-0.2, -0.15) is 0 Å². The maximum atomic E-state index is 12.1. The van der Waals surface area contributed by atoms with E-state index in [0.717, 1.165) is 18.5 Å². The number of para-hydroxylation sites is 1. The summed E-state index contributed by atoms with van der Waals surface area (Å²) in [5.74, 6) is 0.182. The van der Waals surface area contributed by atoms with E-state index in [9.17, 15) is 4.79 Å². The number of anilines is 2. The van der Waals surface area contributed by atoms with E-state index in [1.165, 1.54) is 11.1 Å². The number of rotatable bonds is 8. The fourth-order valence-corrected chi connectivity index (χ4v) is 2.42. The first kappa shape index (κ1) is 17.9.